The van der Waals surface area contributed by atoms with Gasteiger partial charge in [-0.25, -0.2) is 15.0 Å². The average molecular weight is 425 g/mol. The van der Waals surface area contributed by atoms with E-state index in [9.17, 15) is 13.2 Å². The van der Waals surface area contributed by atoms with E-state index >= 15 is 0 Å². The molecule has 0 saturated carbocycles. The van der Waals surface area contributed by atoms with E-state index in [1.165, 1.54) is 6.07 Å². The summed E-state index contributed by atoms with van der Waals surface area (Å²) in [6, 6.07) is 5.19. The molecule has 6 nitrogen and oxygen atoms in total. The standard InChI is InChI=1S/C17H12ClF3N6S/c1-3-4-22-15-23-12(18)8-13(24-15)28-16-25-14(26-27-16)10-5-9(2)6-11(7-10)17(19,20)21/h1,5-8H,4H2,2H3,(H,22,23,24)(H,25,26,27). The van der Waals surface area contributed by atoms with E-state index in [1.807, 2.05) is 0 Å². The molecule has 2 N–H and O–H groups in total. The van der Waals surface area contributed by atoms with Crippen molar-refractivity contribution in [1.82, 2.24) is 25.1 Å². The fourth-order valence-electron chi connectivity index (χ4n) is 2.26. The van der Waals surface area contributed by atoms with Crippen LogP contribution in [-0.2, 0) is 6.18 Å². The second-order valence-electron chi connectivity index (χ2n) is 5.56. The molecule has 2 aromatic heterocycles. The van der Waals surface area contributed by atoms with E-state index in [-0.39, 0.29) is 34.2 Å². The molecule has 0 unspecified atom stereocenters. The quantitative estimate of drug-likeness (QED) is 0.465. The Morgan fingerprint density at radius 2 is 2.00 bits per heavy atom. The van der Waals surface area contributed by atoms with Crippen LogP contribution in [0.15, 0.2) is 34.4 Å². The summed E-state index contributed by atoms with van der Waals surface area (Å²) < 4.78 is 39.1. The lowest BCUT2D eigenvalue weighted by Gasteiger charge is -2.09. The summed E-state index contributed by atoms with van der Waals surface area (Å²) in [6.07, 6.45) is 0.735. The second-order valence-corrected chi connectivity index (χ2v) is 6.94. The summed E-state index contributed by atoms with van der Waals surface area (Å²) >= 11 is 7.04. The van der Waals surface area contributed by atoms with Crippen LogP contribution in [-0.4, -0.2) is 31.7 Å². The van der Waals surface area contributed by atoms with E-state index in [0.29, 0.717) is 10.6 Å². The highest BCUT2D eigenvalue weighted by atomic mass is 35.5. The number of H-pyrrole nitrogens is 1. The molecule has 0 amide bonds. The molecule has 11 heteroatoms. The van der Waals surface area contributed by atoms with Crippen LogP contribution in [0.1, 0.15) is 11.1 Å². The van der Waals surface area contributed by atoms with Crippen LogP contribution in [0.25, 0.3) is 11.4 Å². The SMILES string of the molecule is C#CCNc1nc(Cl)cc(Sc2n[nH]c(-c3cc(C)cc(C(F)(F)F)c3)n2)n1. The lowest BCUT2D eigenvalue weighted by Crippen LogP contribution is -2.05. The van der Waals surface area contributed by atoms with Crippen LogP contribution in [0, 0.1) is 19.3 Å². The van der Waals surface area contributed by atoms with Crippen molar-refractivity contribution in [3.05, 3.63) is 40.5 Å². The smallest absolute Gasteiger partial charge is 0.343 e. The molecule has 0 aliphatic carbocycles. The van der Waals surface area contributed by atoms with Crippen molar-refractivity contribution in [3.63, 3.8) is 0 Å². The normalized spacial score (nSPS) is 11.3. The van der Waals surface area contributed by atoms with E-state index in [1.54, 1.807) is 13.0 Å². The van der Waals surface area contributed by atoms with Crippen molar-refractivity contribution in [2.45, 2.75) is 23.3 Å². The summed E-state index contributed by atoms with van der Waals surface area (Å²) in [6.45, 7) is 1.81. The van der Waals surface area contributed by atoms with Crippen molar-refractivity contribution in [1.29, 1.82) is 0 Å². The van der Waals surface area contributed by atoms with Gasteiger partial charge in [0.2, 0.25) is 11.1 Å². The number of nitrogens with one attached hydrogen (secondary N) is 2. The number of rotatable bonds is 5. The van der Waals surface area contributed by atoms with Gasteiger partial charge in [-0.2, -0.15) is 13.2 Å². The molecule has 3 aromatic rings. The number of alkyl halides is 3. The lowest BCUT2D eigenvalue weighted by atomic mass is 10.1. The summed E-state index contributed by atoms with van der Waals surface area (Å²) in [5.41, 5.74) is -0.00840. The third-order valence-corrected chi connectivity index (χ3v) is 4.34. The average Bonchev–Trinajstić information content (AvgIpc) is 3.06. The van der Waals surface area contributed by atoms with Crippen LogP contribution in [0.5, 0.6) is 0 Å². The summed E-state index contributed by atoms with van der Waals surface area (Å²) in [5.74, 6) is 2.85. The van der Waals surface area contributed by atoms with Crippen LogP contribution < -0.4 is 5.32 Å². The summed E-state index contributed by atoms with van der Waals surface area (Å²) in [5, 5.41) is 10.4. The Labute approximate surface area is 167 Å². The van der Waals surface area contributed by atoms with Crippen LogP contribution in [0.2, 0.25) is 5.15 Å². The Bertz CT molecular complexity index is 1040. The van der Waals surface area contributed by atoms with Crippen molar-refractivity contribution < 1.29 is 13.2 Å². The second kappa shape index (κ2) is 8.08. The zero-order valence-electron chi connectivity index (χ0n) is 14.3. The number of terminal acetylenes is 1. The third-order valence-electron chi connectivity index (χ3n) is 3.36. The number of aromatic nitrogens is 5. The summed E-state index contributed by atoms with van der Waals surface area (Å²) in [7, 11) is 0. The molecular weight excluding hydrogens is 413 g/mol. The number of hydrogen-bond acceptors (Lipinski definition) is 6. The first-order valence-electron chi connectivity index (χ1n) is 7.76. The fourth-order valence-corrected chi connectivity index (χ4v) is 3.22. The lowest BCUT2D eigenvalue weighted by molar-refractivity contribution is -0.137. The zero-order chi connectivity index (χ0) is 20.3. The van der Waals surface area contributed by atoms with Gasteiger partial charge in [-0.3, -0.25) is 5.10 Å². The molecule has 0 saturated heterocycles. The molecular formula is C17H12ClF3N6S. The minimum atomic E-state index is -4.45. The zero-order valence-corrected chi connectivity index (χ0v) is 15.9. The van der Waals surface area contributed by atoms with E-state index in [0.717, 1.165) is 23.9 Å². The summed E-state index contributed by atoms with van der Waals surface area (Å²) in [4.78, 5) is 12.4. The van der Waals surface area contributed by atoms with Gasteiger partial charge in [-0.05, 0) is 42.4 Å². The number of benzene rings is 1. The molecule has 28 heavy (non-hydrogen) atoms. The Morgan fingerprint density at radius 1 is 1.21 bits per heavy atom. The molecule has 0 aliphatic rings. The fraction of sp³-hybridized carbons (Fsp3) is 0.176. The molecule has 0 radical (unpaired) electrons. The Kier molecular flexibility index (Phi) is 5.76. The van der Waals surface area contributed by atoms with Crippen molar-refractivity contribution in [3.8, 4) is 23.7 Å². The number of aryl methyl sites for hydroxylation is 1. The predicted octanol–water partition coefficient (Wildman–Crippen LogP) is 4.44. The maximum Gasteiger partial charge on any atom is 0.416 e. The third kappa shape index (κ3) is 4.94. The molecule has 0 bridgehead atoms. The van der Waals surface area contributed by atoms with Gasteiger partial charge in [0.1, 0.15) is 10.2 Å². The van der Waals surface area contributed by atoms with Crippen molar-refractivity contribution >= 4 is 29.3 Å². The Morgan fingerprint density at radius 3 is 2.71 bits per heavy atom. The number of nitrogens with zero attached hydrogens (tertiary/aromatic N) is 4. The topological polar surface area (TPSA) is 79.4 Å². The maximum absolute atomic E-state index is 13.0. The monoisotopic (exact) mass is 424 g/mol. The molecule has 144 valence electrons. The molecule has 1 aromatic carbocycles. The van der Waals surface area contributed by atoms with Gasteiger partial charge < -0.3 is 5.32 Å². The largest absolute Gasteiger partial charge is 0.416 e. The van der Waals surface area contributed by atoms with Gasteiger partial charge in [0.05, 0.1) is 12.1 Å². The molecule has 3 rings (SSSR count). The number of aromatic amines is 1. The number of hydrogen-bond donors (Lipinski definition) is 2. The predicted molar refractivity (Wildman–Crippen MR) is 100 cm³/mol. The maximum atomic E-state index is 13.0. The first kappa shape index (κ1) is 20.0. The first-order valence-corrected chi connectivity index (χ1v) is 8.95. The molecule has 0 aliphatic heterocycles. The van der Waals surface area contributed by atoms with Gasteiger partial charge in [0.25, 0.3) is 0 Å². The van der Waals surface area contributed by atoms with Crippen LogP contribution in [0.4, 0.5) is 19.1 Å². The Hall–Kier alpha value is -2.77. The van der Waals surface area contributed by atoms with Gasteiger partial charge in [-0.15, -0.1) is 11.5 Å². The van der Waals surface area contributed by atoms with Gasteiger partial charge in [0, 0.05) is 11.6 Å². The first-order chi connectivity index (χ1) is 13.2. The van der Waals surface area contributed by atoms with Crippen molar-refractivity contribution in [2.75, 3.05) is 11.9 Å². The van der Waals surface area contributed by atoms with Gasteiger partial charge in [-0.1, -0.05) is 17.5 Å². The van der Waals surface area contributed by atoms with Gasteiger partial charge in [0.15, 0.2) is 5.82 Å². The minimum absolute atomic E-state index is 0.196. The van der Waals surface area contributed by atoms with Gasteiger partial charge >= 0.3 is 6.18 Å². The van der Waals surface area contributed by atoms with Crippen molar-refractivity contribution in [2.24, 2.45) is 0 Å². The van der Waals surface area contributed by atoms with E-state index in [2.05, 4.69) is 36.4 Å². The highest BCUT2D eigenvalue weighted by Gasteiger charge is 2.31. The molecule has 0 atom stereocenters. The molecule has 0 fully saturated rings. The van der Waals surface area contributed by atoms with E-state index < -0.39 is 11.7 Å². The Balaban J connectivity index is 1.85. The van der Waals surface area contributed by atoms with E-state index in [4.69, 9.17) is 18.0 Å². The number of halogens is 4. The molecule has 2 heterocycles. The number of anilines is 1. The highest BCUT2D eigenvalue weighted by molar-refractivity contribution is 7.99. The highest BCUT2D eigenvalue weighted by Crippen LogP contribution is 2.33. The van der Waals surface area contributed by atoms with Crippen LogP contribution >= 0.6 is 23.4 Å². The minimum Gasteiger partial charge on any atom is -0.343 e. The van der Waals surface area contributed by atoms with Crippen LogP contribution in [0.3, 0.4) is 0 Å². The molecule has 0 spiro atoms.